The summed E-state index contributed by atoms with van der Waals surface area (Å²) in [7, 11) is 0. The maximum absolute atomic E-state index is 12.0. The lowest BCUT2D eigenvalue weighted by atomic mass is 10.1. The Morgan fingerprint density at radius 2 is 2.22 bits per heavy atom. The molecule has 1 saturated carbocycles. The first-order valence-corrected chi connectivity index (χ1v) is 9.00. The van der Waals surface area contributed by atoms with Gasteiger partial charge in [0.25, 0.3) is 0 Å². The van der Waals surface area contributed by atoms with Crippen LogP contribution in [0.1, 0.15) is 50.0 Å². The maximum Gasteiger partial charge on any atom is 0.230 e. The first-order valence-electron chi connectivity index (χ1n) is 8.01. The van der Waals surface area contributed by atoms with Gasteiger partial charge in [-0.05, 0) is 30.9 Å². The molecule has 1 fully saturated rings. The van der Waals surface area contributed by atoms with Gasteiger partial charge >= 0.3 is 0 Å². The van der Waals surface area contributed by atoms with Crippen molar-refractivity contribution >= 4 is 17.7 Å². The van der Waals surface area contributed by atoms with Crippen LogP contribution in [0.2, 0.25) is 0 Å². The highest BCUT2D eigenvalue weighted by atomic mass is 32.2. The summed E-state index contributed by atoms with van der Waals surface area (Å²) < 4.78 is 2.32. The summed E-state index contributed by atoms with van der Waals surface area (Å²) in [5.74, 6) is 0.848. The Labute approximate surface area is 140 Å². The number of pyridine rings is 1. The largest absolute Gasteiger partial charge is 0.350 e. The Balaban J connectivity index is 1.55. The number of rotatable bonds is 7. The third-order valence-corrected chi connectivity index (χ3v) is 4.79. The minimum Gasteiger partial charge on any atom is -0.350 e. The molecule has 5 nitrogen and oxygen atoms in total. The molecule has 0 bridgehead atoms. The topological polar surface area (TPSA) is 59.8 Å². The highest BCUT2D eigenvalue weighted by molar-refractivity contribution is 7.99. The molecule has 3 rings (SSSR count). The Kier molecular flexibility index (Phi) is 5.00. The minimum absolute atomic E-state index is 0.0112. The molecule has 0 saturated heterocycles. The van der Waals surface area contributed by atoms with Gasteiger partial charge in [0.2, 0.25) is 5.91 Å². The van der Waals surface area contributed by atoms with Crippen LogP contribution in [0.5, 0.6) is 0 Å². The molecule has 0 atom stereocenters. The van der Waals surface area contributed by atoms with Gasteiger partial charge in [0.1, 0.15) is 0 Å². The number of carbonyl (C=O) groups is 1. The molecule has 1 aliphatic rings. The minimum atomic E-state index is 0.0112. The fourth-order valence-corrected chi connectivity index (χ4v) is 3.35. The molecule has 2 heterocycles. The van der Waals surface area contributed by atoms with Gasteiger partial charge < -0.3 is 9.88 Å². The smallest absolute Gasteiger partial charge is 0.230 e. The third kappa shape index (κ3) is 4.13. The van der Waals surface area contributed by atoms with Crippen molar-refractivity contribution in [2.24, 2.45) is 0 Å². The van der Waals surface area contributed by atoms with Gasteiger partial charge in [-0.2, -0.15) is 0 Å². The van der Waals surface area contributed by atoms with Gasteiger partial charge in [-0.3, -0.25) is 9.78 Å². The average Bonchev–Trinajstić information content (AvgIpc) is 3.30. The van der Waals surface area contributed by atoms with Crippen LogP contribution in [-0.4, -0.2) is 26.2 Å². The highest BCUT2D eigenvalue weighted by Gasteiger charge is 2.29. The Hall–Kier alpha value is -1.82. The van der Waals surface area contributed by atoms with Crippen LogP contribution in [0.4, 0.5) is 0 Å². The van der Waals surface area contributed by atoms with Crippen molar-refractivity contribution in [3.8, 4) is 0 Å². The van der Waals surface area contributed by atoms with E-state index in [1.165, 1.54) is 30.3 Å². The fraction of sp³-hybridized carbons (Fsp3) is 0.471. The van der Waals surface area contributed by atoms with Gasteiger partial charge in [0, 0.05) is 24.1 Å². The number of aromatic nitrogens is 3. The number of nitrogens with one attached hydrogen (secondary N) is 1. The zero-order valence-corrected chi connectivity index (χ0v) is 14.3. The molecule has 2 aromatic rings. The van der Waals surface area contributed by atoms with E-state index in [4.69, 9.17) is 0 Å². The lowest BCUT2D eigenvalue weighted by Gasteiger charge is -2.12. The van der Waals surface area contributed by atoms with Crippen LogP contribution in [-0.2, 0) is 11.3 Å². The molecule has 6 heteroatoms. The highest BCUT2D eigenvalue weighted by Crippen LogP contribution is 2.40. The second-order valence-electron chi connectivity index (χ2n) is 6.11. The Bertz CT molecular complexity index is 664. The van der Waals surface area contributed by atoms with Crippen LogP contribution in [0.15, 0.2) is 35.7 Å². The van der Waals surface area contributed by atoms with Gasteiger partial charge in [-0.25, -0.2) is 4.98 Å². The summed E-state index contributed by atoms with van der Waals surface area (Å²) >= 11 is 1.52. The zero-order valence-electron chi connectivity index (χ0n) is 13.5. The van der Waals surface area contributed by atoms with Crippen LogP contribution in [0, 0.1) is 0 Å². The number of hydrogen-bond acceptors (Lipinski definition) is 4. The number of thioether (sulfide) groups is 1. The molecule has 2 aromatic heterocycles. The number of nitrogens with zero attached hydrogens (tertiary/aromatic N) is 3. The van der Waals surface area contributed by atoms with Crippen molar-refractivity contribution in [3.05, 3.63) is 42.0 Å². The average molecular weight is 330 g/mol. The number of imidazole rings is 1. The lowest BCUT2D eigenvalue weighted by Crippen LogP contribution is -2.25. The van der Waals surface area contributed by atoms with E-state index in [1.54, 1.807) is 6.20 Å². The van der Waals surface area contributed by atoms with E-state index in [-0.39, 0.29) is 5.91 Å². The normalized spacial score (nSPS) is 14.2. The monoisotopic (exact) mass is 330 g/mol. The molecule has 0 aliphatic heterocycles. The molecule has 1 amide bonds. The van der Waals surface area contributed by atoms with Crippen LogP contribution in [0.25, 0.3) is 0 Å². The predicted molar refractivity (Wildman–Crippen MR) is 91.4 cm³/mol. The molecule has 0 radical (unpaired) electrons. The summed E-state index contributed by atoms with van der Waals surface area (Å²) in [6, 6.07) is 6.27. The van der Waals surface area contributed by atoms with Gasteiger partial charge in [-0.15, -0.1) is 0 Å². The van der Waals surface area contributed by atoms with Crippen molar-refractivity contribution in [2.75, 3.05) is 5.75 Å². The predicted octanol–water partition coefficient (Wildman–Crippen LogP) is 3.14. The van der Waals surface area contributed by atoms with E-state index in [1.807, 2.05) is 24.4 Å². The zero-order chi connectivity index (χ0) is 16.2. The Morgan fingerprint density at radius 1 is 1.39 bits per heavy atom. The van der Waals surface area contributed by atoms with Crippen LogP contribution >= 0.6 is 11.8 Å². The summed E-state index contributed by atoms with van der Waals surface area (Å²) in [5.41, 5.74) is 2.14. The standard InChI is InChI=1S/C17H22N4OS/c1-12(2)15-10-20-17(21(15)14-6-7-14)23-11-16(22)19-9-13-5-3-4-8-18-13/h3-5,8,10,12,14H,6-7,9,11H2,1-2H3,(H,19,22). The third-order valence-electron chi connectivity index (χ3n) is 3.82. The van der Waals surface area contributed by atoms with E-state index in [0.717, 1.165) is 10.9 Å². The summed E-state index contributed by atoms with van der Waals surface area (Å²) in [6.45, 7) is 4.84. The van der Waals surface area contributed by atoms with Crippen molar-refractivity contribution in [2.45, 2.75) is 50.4 Å². The molecule has 1 N–H and O–H groups in total. The molecule has 0 unspecified atom stereocenters. The van der Waals surface area contributed by atoms with Crippen molar-refractivity contribution in [1.82, 2.24) is 19.9 Å². The van der Waals surface area contributed by atoms with Crippen molar-refractivity contribution in [1.29, 1.82) is 0 Å². The maximum atomic E-state index is 12.0. The Morgan fingerprint density at radius 3 is 2.87 bits per heavy atom. The van der Waals surface area contributed by atoms with Crippen LogP contribution < -0.4 is 5.32 Å². The van der Waals surface area contributed by atoms with E-state index in [9.17, 15) is 4.79 Å². The summed E-state index contributed by atoms with van der Waals surface area (Å²) in [4.78, 5) is 20.8. The van der Waals surface area contributed by atoms with E-state index >= 15 is 0 Å². The van der Waals surface area contributed by atoms with Gasteiger partial charge in [0.15, 0.2) is 5.16 Å². The van der Waals surface area contributed by atoms with Crippen molar-refractivity contribution < 1.29 is 4.79 Å². The lowest BCUT2D eigenvalue weighted by molar-refractivity contribution is -0.118. The molecule has 0 aromatic carbocycles. The first kappa shape index (κ1) is 16.1. The molecule has 23 heavy (non-hydrogen) atoms. The summed E-state index contributed by atoms with van der Waals surface area (Å²) in [5, 5.41) is 3.87. The van der Waals surface area contributed by atoms with Gasteiger partial charge in [-0.1, -0.05) is 31.7 Å². The molecular formula is C17H22N4OS. The fourth-order valence-electron chi connectivity index (χ4n) is 2.46. The number of hydrogen-bond donors (Lipinski definition) is 1. The SMILES string of the molecule is CC(C)c1cnc(SCC(=O)NCc2ccccn2)n1C1CC1. The molecule has 122 valence electrons. The van der Waals surface area contributed by atoms with Crippen LogP contribution in [0.3, 0.4) is 0 Å². The van der Waals surface area contributed by atoms with E-state index < -0.39 is 0 Å². The van der Waals surface area contributed by atoms with E-state index in [2.05, 4.69) is 33.7 Å². The van der Waals surface area contributed by atoms with Gasteiger partial charge in [0.05, 0.1) is 18.0 Å². The number of amides is 1. The van der Waals surface area contributed by atoms with E-state index in [0.29, 0.717) is 24.3 Å². The second-order valence-corrected chi connectivity index (χ2v) is 7.05. The number of carbonyl (C=O) groups excluding carboxylic acids is 1. The summed E-state index contributed by atoms with van der Waals surface area (Å²) in [6.07, 6.45) is 6.12. The first-order chi connectivity index (χ1) is 11.1. The molecule has 1 aliphatic carbocycles. The second kappa shape index (κ2) is 7.17. The quantitative estimate of drug-likeness (QED) is 0.792. The molecular weight excluding hydrogens is 308 g/mol. The molecule has 0 spiro atoms. The van der Waals surface area contributed by atoms with Crippen molar-refractivity contribution in [3.63, 3.8) is 0 Å².